The molecule has 6 nitrogen and oxygen atoms in total. The molecule has 2 aromatic carbocycles. The van der Waals surface area contributed by atoms with Gasteiger partial charge in [-0.3, -0.25) is 4.79 Å². The molecule has 6 heteroatoms. The molecule has 1 aromatic heterocycles. The number of hydrogen-bond acceptors (Lipinski definition) is 4. The van der Waals surface area contributed by atoms with Crippen LogP contribution >= 0.6 is 0 Å². The fourth-order valence-corrected chi connectivity index (χ4v) is 5.33. The molecule has 0 saturated carbocycles. The maximum Gasteiger partial charge on any atom is 0.257 e. The lowest BCUT2D eigenvalue weighted by atomic mass is 9.83. The van der Waals surface area contributed by atoms with Gasteiger partial charge in [0.05, 0.1) is 28.9 Å². The summed E-state index contributed by atoms with van der Waals surface area (Å²) in [5.74, 6) is 0.653. The summed E-state index contributed by atoms with van der Waals surface area (Å²) in [6.45, 7) is 12.2. The minimum absolute atomic E-state index is 0.0940. The summed E-state index contributed by atoms with van der Waals surface area (Å²) in [5.41, 5.74) is 3.66. The highest BCUT2D eigenvalue weighted by Crippen LogP contribution is 2.41. The highest BCUT2D eigenvalue weighted by molar-refractivity contribution is 6.00. The van der Waals surface area contributed by atoms with E-state index < -0.39 is 11.6 Å². The molecular weight excluding hydrogens is 436 g/mol. The van der Waals surface area contributed by atoms with Gasteiger partial charge in [0.2, 0.25) is 0 Å². The lowest BCUT2D eigenvalue weighted by molar-refractivity contribution is 0.0889. The van der Waals surface area contributed by atoms with E-state index in [0.29, 0.717) is 5.56 Å². The van der Waals surface area contributed by atoms with E-state index in [1.165, 1.54) is 5.56 Å². The predicted octanol–water partition coefficient (Wildman–Crippen LogP) is 5.98. The molecule has 0 bridgehead atoms. The number of benzene rings is 2. The first-order valence-electron chi connectivity index (χ1n) is 12.6. The molecule has 1 amide bonds. The zero-order chi connectivity index (χ0) is 25.4. The fourth-order valence-electron chi connectivity index (χ4n) is 5.33. The van der Waals surface area contributed by atoms with E-state index in [1.807, 2.05) is 41.9 Å². The van der Waals surface area contributed by atoms with Crippen molar-refractivity contribution in [2.45, 2.75) is 84.0 Å². The van der Waals surface area contributed by atoms with Gasteiger partial charge in [-0.05, 0) is 63.6 Å². The van der Waals surface area contributed by atoms with Gasteiger partial charge in [0.15, 0.2) is 0 Å². The normalized spacial score (nSPS) is 17.9. The number of carbonyl (C=O) groups is 1. The molecule has 1 unspecified atom stereocenters. The van der Waals surface area contributed by atoms with Crippen LogP contribution in [-0.4, -0.2) is 20.8 Å². The lowest BCUT2D eigenvalue weighted by Gasteiger charge is -2.38. The molecule has 0 fully saturated rings. The third-order valence-corrected chi connectivity index (χ3v) is 7.58. The maximum atomic E-state index is 13.9. The van der Waals surface area contributed by atoms with E-state index in [1.54, 1.807) is 6.92 Å². The van der Waals surface area contributed by atoms with E-state index in [9.17, 15) is 9.90 Å². The average Bonchev–Trinajstić information content (AvgIpc) is 3.20. The Balaban J connectivity index is 1.70. The molecule has 0 radical (unpaired) electrons. The number of nitrogens with one attached hydrogen (secondary N) is 2. The second-order valence-electron chi connectivity index (χ2n) is 10.4. The molecule has 3 aromatic rings. The number of aryl methyl sites for hydroxylation is 1. The van der Waals surface area contributed by atoms with Gasteiger partial charge < -0.3 is 15.7 Å². The molecule has 0 saturated heterocycles. The number of aromatic nitrogens is 2. The third-order valence-electron chi connectivity index (χ3n) is 7.58. The zero-order valence-corrected chi connectivity index (χ0v) is 21.7. The SMILES string of the molecule is CCC(CC)(NC(=O)c1c(C)nn2c1N[C@@H](c1ccccc1)CC2(C)C)c1ccc(C(C)O)cc1. The van der Waals surface area contributed by atoms with Crippen LogP contribution in [0.5, 0.6) is 0 Å². The predicted molar refractivity (Wildman–Crippen MR) is 141 cm³/mol. The van der Waals surface area contributed by atoms with Crippen LogP contribution < -0.4 is 10.6 Å². The number of nitrogens with zero attached hydrogens (tertiary/aromatic N) is 2. The van der Waals surface area contributed by atoms with E-state index in [0.717, 1.165) is 41.9 Å². The minimum Gasteiger partial charge on any atom is -0.389 e. The molecule has 2 atom stereocenters. The molecule has 2 heterocycles. The summed E-state index contributed by atoms with van der Waals surface area (Å²) in [6, 6.07) is 18.4. The first-order chi connectivity index (χ1) is 16.6. The summed E-state index contributed by atoms with van der Waals surface area (Å²) in [7, 11) is 0. The van der Waals surface area contributed by atoms with Gasteiger partial charge in [-0.25, -0.2) is 4.68 Å². The molecule has 0 aliphatic carbocycles. The van der Waals surface area contributed by atoms with Crippen LogP contribution in [0, 0.1) is 6.92 Å². The summed E-state index contributed by atoms with van der Waals surface area (Å²) >= 11 is 0. The second-order valence-corrected chi connectivity index (χ2v) is 10.4. The van der Waals surface area contributed by atoms with Crippen molar-refractivity contribution in [3.8, 4) is 0 Å². The number of fused-ring (bicyclic) bond motifs is 1. The fraction of sp³-hybridized carbons (Fsp3) is 0.448. The summed E-state index contributed by atoms with van der Waals surface area (Å²) in [6.07, 6.45) is 1.84. The van der Waals surface area contributed by atoms with Gasteiger partial charge in [-0.15, -0.1) is 0 Å². The molecule has 3 N–H and O–H groups in total. The van der Waals surface area contributed by atoms with Crippen LogP contribution in [0.4, 0.5) is 5.82 Å². The van der Waals surface area contributed by atoms with E-state index in [2.05, 4.69) is 62.6 Å². The Kier molecular flexibility index (Phi) is 6.78. The van der Waals surface area contributed by atoms with Crippen molar-refractivity contribution in [3.05, 3.63) is 82.5 Å². The van der Waals surface area contributed by atoms with Gasteiger partial charge in [0, 0.05) is 0 Å². The maximum absolute atomic E-state index is 13.9. The molecular formula is C29H38N4O2. The summed E-state index contributed by atoms with van der Waals surface area (Å²) < 4.78 is 1.98. The Morgan fingerprint density at radius 2 is 1.80 bits per heavy atom. The van der Waals surface area contributed by atoms with E-state index in [4.69, 9.17) is 5.10 Å². The van der Waals surface area contributed by atoms with Gasteiger partial charge >= 0.3 is 0 Å². The van der Waals surface area contributed by atoms with Crippen LogP contribution in [0.3, 0.4) is 0 Å². The quantitative estimate of drug-likeness (QED) is 0.393. The van der Waals surface area contributed by atoms with Crippen LogP contribution in [0.25, 0.3) is 0 Å². The second kappa shape index (κ2) is 9.50. The number of carbonyl (C=O) groups excluding carboxylic acids is 1. The topological polar surface area (TPSA) is 79.2 Å². The molecule has 4 rings (SSSR count). The van der Waals surface area contributed by atoms with Crippen molar-refractivity contribution in [3.63, 3.8) is 0 Å². The minimum atomic E-state index is -0.523. The number of hydrogen-bond donors (Lipinski definition) is 3. The zero-order valence-electron chi connectivity index (χ0n) is 21.7. The van der Waals surface area contributed by atoms with Crippen molar-refractivity contribution >= 4 is 11.7 Å². The van der Waals surface area contributed by atoms with Gasteiger partial charge in [-0.1, -0.05) is 68.4 Å². The van der Waals surface area contributed by atoms with Crippen LogP contribution in [0.2, 0.25) is 0 Å². The molecule has 1 aliphatic heterocycles. The Hall–Kier alpha value is -3.12. The molecule has 35 heavy (non-hydrogen) atoms. The van der Waals surface area contributed by atoms with Gasteiger partial charge in [0.1, 0.15) is 11.4 Å². The Morgan fingerprint density at radius 3 is 2.37 bits per heavy atom. The lowest BCUT2D eigenvalue weighted by Crippen LogP contribution is -2.45. The van der Waals surface area contributed by atoms with E-state index >= 15 is 0 Å². The number of aliphatic hydroxyl groups excluding tert-OH is 1. The summed E-state index contributed by atoms with van der Waals surface area (Å²) in [4.78, 5) is 13.9. The average molecular weight is 475 g/mol. The first-order valence-corrected chi connectivity index (χ1v) is 12.6. The van der Waals surface area contributed by atoms with Crippen molar-refractivity contribution < 1.29 is 9.90 Å². The van der Waals surface area contributed by atoms with Crippen molar-refractivity contribution in [1.29, 1.82) is 0 Å². The highest BCUT2D eigenvalue weighted by Gasteiger charge is 2.39. The standard InChI is InChI=1S/C29H38N4O2/c1-7-29(8-2,23-16-14-21(15-17-23)20(4)34)31-27(35)25-19(3)32-33-26(25)30-24(18-28(33,5)6)22-12-10-9-11-13-22/h9-17,20,24,30,34H,7-8,18H2,1-6H3,(H,31,35)/t20?,24-/m1/s1. The molecule has 186 valence electrons. The van der Waals surface area contributed by atoms with E-state index in [-0.39, 0.29) is 17.5 Å². The Labute approximate surface area is 208 Å². The number of anilines is 1. The number of rotatable bonds is 7. The number of aliphatic hydroxyl groups is 1. The monoisotopic (exact) mass is 474 g/mol. The van der Waals surface area contributed by atoms with Crippen molar-refractivity contribution in [2.24, 2.45) is 0 Å². The Morgan fingerprint density at radius 1 is 1.17 bits per heavy atom. The third kappa shape index (κ3) is 4.59. The largest absolute Gasteiger partial charge is 0.389 e. The first kappa shape index (κ1) is 25.0. The van der Waals surface area contributed by atoms with Gasteiger partial charge in [0.25, 0.3) is 5.91 Å². The Bertz CT molecular complexity index is 1180. The van der Waals surface area contributed by atoms with Crippen molar-refractivity contribution in [1.82, 2.24) is 15.1 Å². The smallest absolute Gasteiger partial charge is 0.257 e. The van der Waals surface area contributed by atoms with Crippen molar-refractivity contribution in [2.75, 3.05) is 5.32 Å². The molecule has 0 spiro atoms. The summed E-state index contributed by atoms with van der Waals surface area (Å²) in [5, 5.41) is 21.7. The molecule has 1 aliphatic rings. The van der Waals surface area contributed by atoms with Crippen LogP contribution in [0.15, 0.2) is 54.6 Å². The number of amides is 1. The van der Waals surface area contributed by atoms with Gasteiger partial charge in [-0.2, -0.15) is 5.10 Å². The highest BCUT2D eigenvalue weighted by atomic mass is 16.3. The van der Waals surface area contributed by atoms with Crippen LogP contribution in [0.1, 0.15) is 98.8 Å². The van der Waals surface area contributed by atoms with Crippen LogP contribution in [-0.2, 0) is 11.1 Å².